The Morgan fingerprint density at radius 3 is 2.59 bits per heavy atom. The van der Waals surface area contributed by atoms with Gasteiger partial charge in [-0.2, -0.15) is 0 Å². The first-order valence-electron chi connectivity index (χ1n) is 11.9. The largest absolute Gasteiger partial charge is 0.395 e. The monoisotopic (exact) mass is 458 g/mol. The maximum Gasteiger partial charge on any atom is 0.252 e. The van der Waals surface area contributed by atoms with Gasteiger partial charge in [0.2, 0.25) is 0 Å². The number of benzene rings is 2. The summed E-state index contributed by atoms with van der Waals surface area (Å²) in [5, 5.41) is 22.2. The Labute approximate surface area is 199 Å². The number of H-pyrrole nitrogens is 1. The summed E-state index contributed by atoms with van der Waals surface area (Å²) in [5.74, 6) is 5.98. The number of aromatic amines is 1. The molecule has 0 radical (unpaired) electrons. The van der Waals surface area contributed by atoms with E-state index in [-0.39, 0.29) is 19.1 Å². The first-order valence-corrected chi connectivity index (χ1v) is 11.9. The zero-order valence-corrected chi connectivity index (χ0v) is 19.2. The Hall–Kier alpha value is -3.15. The smallest absolute Gasteiger partial charge is 0.252 e. The van der Waals surface area contributed by atoms with Crippen molar-refractivity contribution < 1.29 is 15.0 Å². The third-order valence-electron chi connectivity index (χ3n) is 6.69. The Morgan fingerprint density at radius 1 is 0.971 bits per heavy atom. The van der Waals surface area contributed by atoms with E-state index >= 15 is 0 Å². The first kappa shape index (κ1) is 22.6. The zero-order valence-electron chi connectivity index (χ0n) is 19.2. The van der Waals surface area contributed by atoms with Gasteiger partial charge in [0.25, 0.3) is 5.91 Å². The maximum absolute atomic E-state index is 12.7. The van der Waals surface area contributed by atoms with Crippen molar-refractivity contribution in [1.29, 1.82) is 0 Å². The minimum absolute atomic E-state index is 0.0292. The van der Waals surface area contributed by atoms with E-state index in [1.165, 1.54) is 5.56 Å². The normalized spacial score (nSPS) is 16.4. The van der Waals surface area contributed by atoms with Crippen molar-refractivity contribution in [3.63, 3.8) is 0 Å². The number of aliphatic hydroxyl groups is 2. The van der Waals surface area contributed by atoms with Crippen molar-refractivity contribution in [2.45, 2.75) is 19.5 Å². The maximum atomic E-state index is 12.7. The Bertz CT molecular complexity index is 1260. The quantitative estimate of drug-likeness (QED) is 0.424. The number of carbonyl (C=O) groups is 1. The summed E-state index contributed by atoms with van der Waals surface area (Å²) in [7, 11) is 0. The lowest BCUT2D eigenvalue weighted by Crippen LogP contribution is -2.46. The summed E-state index contributed by atoms with van der Waals surface area (Å²) in [6.45, 7) is 6.37. The Balaban J connectivity index is 1.39. The Morgan fingerprint density at radius 2 is 1.79 bits per heavy atom. The molecule has 0 unspecified atom stereocenters. The molecule has 2 aromatic carbocycles. The molecule has 1 aromatic heterocycles. The van der Waals surface area contributed by atoms with E-state index in [4.69, 9.17) is 10.2 Å². The molecular formula is C27H30N4O3. The number of β-amino-alcohol motifs (C(OH)–C–C–N with tert-alkyl or cyclic N) is 1. The molecular weight excluding hydrogens is 428 g/mol. The van der Waals surface area contributed by atoms with Crippen LogP contribution in [-0.2, 0) is 13.1 Å². The van der Waals surface area contributed by atoms with Crippen LogP contribution in [0.25, 0.3) is 22.2 Å². The number of hydrogen-bond acceptors (Lipinski definition) is 5. The van der Waals surface area contributed by atoms with Crippen LogP contribution in [0.2, 0.25) is 0 Å². The van der Waals surface area contributed by atoms with Gasteiger partial charge >= 0.3 is 0 Å². The van der Waals surface area contributed by atoms with Gasteiger partial charge in [-0.05, 0) is 29.8 Å². The number of carbonyl (C=O) groups excluding carboxylic acids is 1. The summed E-state index contributed by atoms with van der Waals surface area (Å²) >= 11 is 0. The second-order valence-corrected chi connectivity index (χ2v) is 8.92. The van der Waals surface area contributed by atoms with Crippen molar-refractivity contribution in [2.24, 2.45) is 0 Å². The molecule has 7 heteroatoms. The van der Waals surface area contributed by atoms with Gasteiger partial charge in [0.05, 0.1) is 18.8 Å². The summed E-state index contributed by atoms with van der Waals surface area (Å²) in [6, 6.07) is 12.6. The number of rotatable bonds is 6. The highest BCUT2D eigenvalue weighted by molar-refractivity contribution is 6.05. The molecule has 1 fully saturated rings. The fourth-order valence-electron chi connectivity index (χ4n) is 4.90. The second-order valence-electron chi connectivity index (χ2n) is 8.92. The topological polar surface area (TPSA) is 91.8 Å². The van der Waals surface area contributed by atoms with Crippen LogP contribution in [0.15, 0.2) is 36.4 Å². The van der Waals surface area contributed by atoms with E-state index < -0.39 is 0 Å². The van der Waals surface area contributed by atoms with Crippen LogP contribution >= 0.6 is 0 Å². The third-order valence-corrected chi connectivity index (χ3v) is 6.69. The van der Waals surface area contributed by atoms with Crippen LogP contribution in [0.4, 0.5) is 0 Å². The molecule has 1 amide bonds. The number of nitrogens with one attached hydrogen (secondary N) is 2. The molecule has 3 aromatic rings. The van der Waals surface area contributed by atoms with E-state index in [1.54, 1.807) is 0 Å². The number of aromatic nitrogens is 1. The molecule has 5 rings (SSSR count). The molecule has 1 saturated heterocycles. The minimum Gasteiger partial charge on any atom is -0.395 e. The lowest BCUT2D eigenvalue weighted by Gasteiger charge is -2.34. The third kappa shape index (κ3) is 4.59. The predicted octanol–water partition coefficient (Wildman–Crippen LogP) is 1.92. The fourth-order valence-corrected chi connectivity index (χ4v) is 4.90. The molecule has 7 nitrogen and oxygen atoms in total. The van der Waals surface area contributed by atoms with Gasteiger partial charge in [0.15, 0.2) is 0 Å². The number of hydrogen-bond donors (Lipinski definition) is 4. The lowest BCUT2D eigenvalue weighted by atomic mass is 9.96. The van der Waals surface area contributed by atoms with Crippen LogP contribution in [0, 0.1) is 11.8 Å². The van der Waals surface area contributed by atoms with Gasteiger partial charge in [-0.15, -0.1) is 0 Å². The number of amides is 1. The minimum atomic E-state index is -0.0736. The molecule has 0 aliphatic carbocycles. The predicted molar refractivity (Wildman–Crippen MR) is 132 cm³/mol. The standard InChI is InChI=1S/C27H30N4O3/c32-13-2-1-3-20-5-6-22(26-23(20)17-28-27(26)34)25-16-21-15-19(4-7-24(21)29-25)18-31-10-8-30(9-11-31)12-14-33/h4-7,15-16,29,32-33H,2,8-14,17-18H2,(H,28,34). The molecule has 2 aliphatic heterocycles. The second kappa shape index (κ2) is 10.00. The molecule has 0 saturated carbocycles. The Kier molecular flexibility index (Phi) is 6.66. The molecule has 4 N–H and O–H groups in total. The van der Waals surface area contributed by atoms with Gasteiger partial charge in [0.1, 0.15) is 0 Å². The van der Waals surface area contributed by atoms with Crippen LogP contribution in [-0.4, -0.2) is 76.8 Å². The summed E-state index contributed by atoms with van der Waals surface area (Å²) in [6.07, 6.45) is 0.417. The number of piperazine rings is 1. The number of fused-ring (bicyclic) bond motifs is 2. The van der Waals surface area contributed by atoms with Crippen LogP contribution < -0.4 is 5.32 Å². The van der Waals surface area contributed by atoms with Gasteiger partial charge in [-0.1, -0.05) is 24.0 Å². The molecule has 0 bridgehead atoms. The average Bonchev–Trinajstić information content (AvgIpc) is 3.45. The number of nitrogens with zero attached hydrogens (tertiary/aromatic N) is 2. The summed E-state index contributed by atoms with van der Waals surface area (Å²) in [4.78, 5) is 20.9. The summed E-state index contributed by atoms with van der Waals surface area (Å²) in [5.41, 5.74) is 6.57. The fraction of sp³-hybridized carbons (Fsp3) is 0.370. The van der Waals surface area contributed by atoms with Crippen molar-refractivity contribution >= 4 is 16.8 Å². The van der Waals surface area contributed by atoms with Crippen molar-refractivity contribution in [2.75, 3.05) is 45.9 Å². The molecule has 0 atom stereocenters. The van der Waals surface area contributed by atoms with Crippen molar-refractivity contribution in [3.8, 4) is 23.1 Å². The van der Waals surface area contributed by atoms with Gasteiger partial charge in [-0.3, -0.25) is 14.6 Å². The van der Waals surface area contributed by atoms with E-state index in [0.29, 0.717) is 18.5 Å². The molecule has 0 spiro atoms. The molecule has 176 valence electrons. The highest BCUT2D eigenvalue weighted by atomic mass is 16.3. The van der Waals surface area contributed by atoms with Crippen LogP contribution in [0.1, 0.15) is 33.5 Å². The van der Waals surface area contributed by atoms with Crippen molar-refractivity contribution in [1.82, 2.24) is 20.1 Å². The van der Waals surface area contributed by atoms with Gasteiger partial charge in [-0.25, -0.2) is 0 Å². The first-order chi connectivity index (χ1) is 16.7. The van der Waals surface area contributed by atoms with Gasteiger partial charge < -0.3 is 20.5 Å². The lowest BCUT2D eigenvalue weighted by molar-refractivity contribution is 0.0966. The molecule has 34 heavy (non-hydrogen) atoms. The molecule has 2 aliphatic rings. The van der Waals surface area contributed by atoms with E-state index in [2.05, 4.69) is 56.2 Å². The zero-order chi connectivity index (χ0) is 23.5. The number of aliphatic hydroxyl groups excluding tert-OH is 2. The van der Waals surface area contributed by atoms with E-state index in [9.17, 15) is 4.79 Å². The highest BCUT2D eigenvalue weighted by Crippen LogP contribution is 2.33. The highest BCUT2D eigenvalue weighted by Gasteiger charge is 2.26. The summed E-state index contributed by atoms with van der Waals surface area (Å²) < 4.78 is 0. The van der Waals surface area contributed by atoms with Gasteiger partial charge in [0, 0.05) is 85.5 Å². The SMILES string of the molecule is O=C1NCc2c(C#CCCO)ccc(-c3cc4cc(CN5CCN(CCO)CC5)ccc4[nH]3)c21. The van der Waals surface area contributed by atoms with Crippen LogP contribution in [0.5, 0.6) is 0 Å². The average molecular weight is 459 g/mol. The van der Waals surface area contributed by atoms with E-state index in [0.717, 1.165) is 72.6 Å². The molecule has 3 heterocycles. The van der Waals surface area contributed by atoms with Crippen molar-refractivity contribution in [3.05, 3.63) is 58.7 Å². The van der Waals surface area contributed by atoms with E-state index in [1.807, 2.05) is 12.1 Å². The van der Waals surface area contributed by atoms with Crippen LogP contribution in [0.3, 0.4) is 0 Å².